The third-order valence-corrected chi connectivity index (χ3v) is 2.61. The summed E-state index contributed by atoms with van der Waals surface area (Å²) in [5, 5.41) is 0. The van der Waals surface area contributed by atoms with Crippen LogP contribution >= 0.6 is 15.9 Å². The van der Waals surface area contributed by atoms with Crippen molar-refractivity contribution >= 4 is 15.9 Å². The van der Waals surface area contributed by atoms with Gasteiger partial charge in [-0.15, -0.1) is 0 Å². The number of benzene rings is 1. The van der Waals surface area contributed by atoms with E-state index in [1.807, 2.05) is 0 Å². The van der Waals surface area contributed by atoms with Gasteiger partial charge in [-0.2, -0.15) is 13.2 Å². The highest BCUT2D eigenvalue weighted by atomic mass is 79.9. The summed E-state index contributed by atoms with van der Waals surface area (Å²) < 4.78 is 42.8. The van der Waals surface area contributed by atoms with Gasteiger partial charge in [0.05, 0.1) is 12.2 Å². The molecule has 1 nitrogen and oxygen atoms in total. The monoisotopic (exact) mass is 282 g/mol. The van der Waals surface area contributed by atoms with E-state index >= 15 is 0 Å². The van der Waals surface area contributed by atoms with Gasteiger partial charge in [-0.25, -0.2) is 0 Å². The summed E-state index contributed by atoms with van der Waals surface area (Å²) in [6.45, 7) is 2.45. The van der Waals surface area contributed by atoms with Gasteiger partial charge in [0.2, 0.25) is 0 Å². The Hall–Kier alpha value is -0.550. The van der Waals surface area contributed by atoms with Crippen molar-refractivity contribution in [3.05, 3.63) is 33.8 Å². The average molecular weight is 283 g/mol. The minimum atomic E-state index is -4.30. The van der Waals surface area contributed by atoms with Gasteiger partial charge in [0, 0.05) is 11.1 Å². The first-order valence-corrected chi connectivity index (χ1v) is 5.17. The summed E-state index contributed by atoms with van der Waals surface area (Å²) in [5.41, 5.74) is -0.146. The highest BCUT2D eigenvalue weighted by molar-refractivity contribution is 9.10. The van der Waals surface area contributed by atoms with Crippen LogP contribution in [0.5, 0.6) is 0 Å². The summed E-state index contributed by atoms with van der Waals surface area (Å²) in [6.07, 6.45) is -4.30. The highest BCUT2D eigenvalue weighted by Gasteiger charge is 2.30. The smallest absolute Gasteiger partial charge is 0.377 e. The fourth-order valence-corrected chi connectivity index (χ4v) is 1.43. The molecule has 0 amide bonds. The first kappa shape index (κ1) is 12.5. The van der Waals surface area contributed by atoms with E-state index in [2.05, 4.69) is 15.9 Å². The van der Waals surface area contributed by atoms with E-state index in [9.17, 15) is 13.2 Å². The zero-order valence-electron chi connectivity index (χ0n) is 8.07. The number of alkyl halides is 3. The molecule has 0 unspecified atom stereocenters. The molecule has 1 rings (SSSR count). The molecule has 0 fully saturated rings. The molecule has 0 saturated carbocycles. The highest BCUT2D eigenvalue weighted by Crippen LogP contribution is 2.32. The van der Waals surface area contributed by atoms with Crippen LogP contribution in [0.25, 0.3) is 0 Å². The summed E-state index contributed by atoms with van der Waals surface area (Å²) in [4.78, 5) is 0. The minimum absolute atomic E-state index is 0.182. The molecule has 84 valence electrons. The molecule has 5 heteroatoms. The third-order valence-electron chi connectivity index (χ3n) is 1.83. The Bertz CT molecular complexity index is 336. The van der Waals surface area contributed by atoms with Crippen molar-refractivity contribution in [3.8, 4) is 0 Å². The summed E-state index contributed by atoms with van der Waals surface area (Å²) in [7, 11) is 0. The van der Waals surface area contributed by atoms with E-state index in [4.69, 9.17) is 4.74 Å². The van der Waals surface area contributed by atoms with E-state index in [-0.39, 0.29) is 6.61 Å². The van der Waals surface area contributed by atoms with E-state index in [1.54, 1.807) is 6.92 Å². The molecule has 0 aliphatic carbocycles. The molecule has 0 aliphatic heterocycles. The van der Waals surface area contributed by atoms with Gasteiger partial charge in [0.25, 0.3) is 0 Å². The van der Waals surface area contributed by atoms with Crippen LogP contribution in [-0.4, -0.2) is 6.61 Å². The van der Waals surface area contributed by atoms with Gasteiger partial charge < -0.3 is 4.74 Å². The Labute approximate surface area is 94.4 Å². The Balaban J connectivity index is 2.95. The van der Waals surface area contributed by atoms with Crippen LogP contribution in [-0.2, 0) is 17.5 Å². The average Bonchev–Trinajstić information content (AvgIpc) is 2.15. The molecule has 15 heavy (non-hydrogen) atoms. The van der Waals surface area contributed by atoms with Crippen LogP contribution in [0, 0.1) is 0 Å². The lowest BCUT2D eigenvalue weighted by molar-refractivity contribution is -0.137. The van der Waals surface area contributed by atoms with Crippen LogP contribution in [0.1, 0.15) is 18.1 Å². The third kappa shape index (κ3) is 3.50. The summed E-state index contributed by atoms with van der Waals surface area (Å²) >= 11 is 3.18. The van der Waals surface area contributed by atoms with E-state index in [0.29, 0.717) is 16.6 Å². The van der Waals surface area contributed by atoms with Crippen molar-refractivity contribution in [1.29, 1.82) is 0 Å². The van der Waals surface area contributed by atoms with Crippen LogP contribution < -0.4 is 0 Å². The zero-order chi connectivity index (χ0) is 11.5. The van der Waals surface area contributed by atoms with Crippen molar-refractivity contribution in [2.24, 2.45) is 0 Å². The maximum atomic E-state index is 12.4. The van der Waals surface area contributed by atoms with Crippen molar-refractivity contribution in [1.82, 2.24) is 0 Å². The lowest BCUT2D eigenvalue weighted by Gasteiger charge is -2.10. The van der Waals surface area contributed by atoms with Crippen LogP contribution in [0.4, 0.5) is 13.2 Å². The molecule has 1 aromatic carbocycles. The first-order chi connectivity index (χ1) is 6.95. The Morgan fingerprint density at radius 2 is 2.00 bits per heavy atom. The molecular formula is C10H10BrF3O. The fourth-order valence-electron chi connectivity index (χ4n) is 1.07. The van der Waals surface area contributed by atoms with Crippen molar-refractivity contribution in [2.45, 2.75) is 19.7 Å². The van der Waals surface area contributed by atoms with Gasteiger partial charge in [-0.1, -0.05) is 15.9 Å². The Morgan fingerprint density at radius 3 is 2.53 bits per heavy atom. The maximum Gasteiger partial charge on any atom is 0.416 e. The molecule has 1 aromatic rings. The predicted octanol–water partition coefficient (Wildman–Crippen LogP) is 4.00. The second-order valence-electron chi connectivity index (χ2n) is 2.94. The Morgan fingerprint density at radius 1 is 1.33 bits per heavy atom. The van der Waals surface area contributed by atoms with E-state index in [0.717, 1.165) is 12.1 Å². The molecule has 0 aromatic heterocycles. The predicted molar refractivity (Wildman–Crippen MR) is 54.5 cm³/mol. The Kier molecular flexibility index (Phi) is 4.16. The molecular weight excluding hydrogens is 273 g/mol. The number of halogens is 4. The SMILES string of the molecule is CCOCc1cc(C(F)(F)F)ccc1Br. The van der Waals surface area contributed by atoms with Gasteiger partial charge in [-0.3, -0.25) is 0 Å². The van der Waals surface area contributed by atoms with Gasteiger partial charge in [0.1, 0.15) is 0 Å². The van der Waals surface area contributed by atoms with Crippen LogP contribution in [0.15, 0.2) is 22.7 Å². The van der Waals surface area contributed by atoms with Gasteiger partial charge >= 0.3 is 6.18 Å². The quantitative estimate of drug-likeness (QED) is 0.814. The normalized spacial score (nSPS) is 11.8. The molecule has 0 atom stereocenters. The zero-order valence-corrected chi connectivity index (χ0v) is 9.65. The molecule has 0 spiro atoms. The summed E-state index contributed by atoms with van der Waals surface area (Å²) in [5.74, 6) is 0. The number of ether oxygens (including phenoxy) is 1. The molecule has 0 bridgehead atoms. The molecule has 0 saturated heterocycles. The maximum absolute atomic E-state index is 12.4. The fraction of sp³-hybridized carbons (Fsp3) is 0.400. The lowest BCUT2D eigenvalue weighted by atomic mass is 10.1. The minimum Gasteiger partial charge on any atom is -0.377 e. The standard InChI is InChI=1S/C10H10BrF3O/c1-2-15-6-7-5-8(10(12,13)14)3-4-9(7)11/h3-5H,2,6H2,1H3. The van der Waals surface area contributed by atoms with E-state index < -0.39 is 11.7 Å². The topological polar surface area (TPSA) is 9.23 Å². The van der Waals surface area contributed by atoms with Crippen LogP contribution in [0.3, 0.4) is 0 Å². The first-order valence-electron chi connectivity index (χ1n) is 4.38. The van der Waals surface area contributed by atoms with E-state index in [1.165, 1.54) is 6.07 Å². The molecule has 0 aliphatic rings. The second-order valence-corrected chi connectivity index (χ2v) is 3.80. The molecule has 0 radical (unpaired) electrons. The lowest BCUT2D eigenvalue weighted by Crippen LogP contribution is -2.06. The van der Waals surface area contributed by atoms with Crippen molar-refractivity contribution < 1.29 is 17.9 Å². The van der Waals surface area contributed by atoms with Gasteiger partial charge in [-0.05, 0) is 30.7 Å². The summed E-state index contributed by atoms with van der Waals surface area (Å²) in [6, 6.07) is 3.52. The number of hydrogen-bond acceptors (Lipinski definition) is 1. The van der Waals surface area contributed by atoms with Crippen molar-refractivity contribution in [3.63, 3.8) is 0 Å². The number of hydrogen-bond donors (Lipinski definition) is 0. The second kappa shape index (κ2) is 4.99. The number of rotatable bonds is 3. The molecule has 0 N–H and O–H groups in total. The van der Waals surface area contributed by atoms with Crippen LogP contribution in [0.2, 0.25) is 0 Å². The van der Waals surface area contributed by atoms with Crippen molar-refractivity contribution in [2.75, 3.05) is 6.61 Å². The van der Waals surface area contributed by atoms with Gasteiger partial charge in [0.15, 0.2) is 0 Å². The largest absolute Gasteiger partial charge is 0.416 e. The molecule has 0 heterocycles.